The first-order chi connectivity index (χ1) is 9.97. The van der Waals surface area contributed by atoms with Gasteiger partial charge in [0.05, 0.1) is 6.10 Å². The smallest absolute Gasteiger partial charge is 0.313 e. The molecule has 1 saturated carbocycles. The van der Waals surface area contributed by atoms with Crippen molar-refractivity contribution in [3.05, 3.63) is 35.9 Å². The summed E-state index contributed by atoms with van der Waals surface area (Å²) in [5.74, 6) is 0.111. The number of amides is 3. The number of urea groups is 1. The molecule has 1 fully saturated rings. The molecular formula is C15H21N3O3. The standard InChI is InChI=1S/C15H21N3O3/c1-18(9-10-7-12(19)8-10)14(20)13(17-15(16)21)11-5-3-2-4-6-11/h2-6,10,12-13,19H,7-9H2,1H3,(H3,16,17,21). The Morgan fingerprint density at radius 3 is 2.52 bits per heavy atom. The third-order valence-corrected chi connectivity index (χ3v) is 3.79. The van der Waals surface area contributed by atoms with Crippen molar-refractivity contribution in [3.63, 3.8) is 0 Å². The van der Waals surface area contributed by atoms with Crippen LogP contribution in [-0.4, -0.2) is 41.6 Å². The summed E-state index contributed by atoms with van der Waals surface area (Å²) in [7, 11) is 1.70. The van der Waals surface area contributed by atoms with Crippen molar-refractivity contribution < 1.29 is 14.7 Å². The van der Waals surface area contributed by atoms with E-state index >= 15 is 0 Å². The number of benzene rings is 1. The van der Waals surface area contributed by atoms with E-state index in [0.717, 1.165) is 12.8 Å². The molecule has 4 N–H and O–H groups in total. The predicted molar refractivity (Wildman–Crippen MR) is 78.3 cm³/mol. The normalized spacial score (nSPS) is 22.0. The van der Waals surface area contributed by atoms with Gasteiger partial charge >= 0.3 is 6.03 Å². The molecule has 1 unspecified atom stereocenters. The topological polar surface area (TPSA) is 95.7 Å². The second kappa shape index (κ2) is 6.58. The maximum atomic E-state index is 12.5. The van der Waals surface area contributed by atoms with Crippen LogP contribution in [0.3, 0.4) is 0 Å². The first-order valence-electron chi connectivity index (χ1n) is 7.01. The minimum Gasteiger partial charge on any atom is -0.393 e. The molecule has 21 heavy (non-hydrogen) atoms. The van der Waals surface area contributed by atoms with Gasteiger partial charge in [-0.25, -0.2) is 4.79 Å². The Labute approximate surface area is 123 Å². The Morgan fingerprint density at radius 2 is 2.00 bits per heavy atom. The highest BCUT2D eigenvalue weighted by Crippen LogP contribution is 2.28. The van der Waals surface area contributed by atoms with E-state index in [2.05, 4.69) is 5.32 Å². The summed E-state index contributed by atoms with van der Waals surface area (Å²) in [6.45, 7) is 0.569. The molecule has 0 aliphatic heterocycles. The summed E-state index contributed by atoms with van der Waals surface area (Å²) in [6.07, 6.45) is 1.19. The highest BCUT2D eigenvalue weighted by Gasteiger charge is 2.31. The van der Waals surface area contributed by atoms with Gasteiger partial charge in [0, 0.05) is 13.6 Å². The maximum Gasteiger partial charge on any atom is 0.313 e. The molecule has 2 rings (SSSR count). The number of hydrogen-bond donors (Lipinski definition) is 3. The van der Waals surface area contributed by atoms with Crippen LogP contribution in [0.5, 0.6) is 0 Å². The Morgan fingerprint density at radius 1 is 1.38 bits per heavy atom. The molecule has 0 bridgehead atoms. The van der Waals surface area contributed by atoms with E-state index in [0.29, 0.717) is 18.0 Å². The Bertz CT molecular complexity index is 500. The van der Waals surface area contributed by atoms with Crippen molar-refractivity contribution in [2.24, 2.45) is 11.7 Å². The second-order valence-corrected chi connectivity index (χ2v) is 5.56. The lowest BCUT2D eigenvalue weighted by atomic mass is 9.82. The summed E-state index contributed by atoms with van der Waals surface area (Å²) < 4.78 is 0. The largest absolute Gasteiger partial charge is 0.393 e. The van der Waals surface area contributed by atoms with Crippen LogP contribution < -0.4 is 11.1 Å². The fourth-order valence-electron chi connectivity index (χ4n) is 2.62. The molecule has 0 heterocycles. The molecule has 1 aliphatic carbocycles. The second-order valence-electron chi connectivity index (χ2n) is 5.56. The third kappa shape index (κ3) is 3.95. The number of nitrogens with zero attached hydrogens (tertiary/aromatic N) is 1. The monoisotopic (exact) mass is 291 g/mol. The molecule has 114 valence electrons. The highest BCUT2D eigenvalue weighted by molar-refractivity contribution is 5.87. The quantitative estimate of drug-likeness (QED) is 0.742. The number of aliphatic hydroxyl groups is 1. The number of primary amides is 1. The summed E-state index contributed by atoms with van der Waals surface area (Å²) in [4.78, 5) is 25.3. The maximum absolute atomic E-state index is 12.5. The van der Waals surface area contributed by atoms with Crippen molar-refractivity contribution >= 4 is 11.9 Å². The molecule has 0 aromatic heterocycles. The van der Waals surface area contributed by atoms with Gasteiger partial charge in [-0.15, -0.1) is 0 Å². The molecule has 1 atom stereocenters. The van der Waals surface area contributed by atoms with Gasteiger partial charge < -0.3 is 21.1 Å². The summed E-state index contributed by atoms with van der Waals surface area (Å²) >= 11 is 0. The van der Waals surface area contributed by atoms with Crippen LogP contribution in [0.1, 0.15) is 24.4 Å². The number of carbonyl (C=O) groups excluding carboxylic acids is 2. The van der Waals surface area contributed by atoms with E-state index in [1.807, 2.05) is 6.07 Å². The van der Waals surface area contributed by atoms with Crippen LogP contribution in [0.25, 0.3) is 0 Å². The molecule has 1 aliphatic rings. The van der Waals surface area contributed by atoms with E-state index in [1.54, 1.807) is 36.2 Å². The number of carbonyl (C=O) groups is 2. The van der Waals surface area contributed by atoms with Crippen molar-refractivity contribution in [1.82, 2.24) is 10.2 Å². The lowest BCUT2D eigenvalue weighted by Gasteiger charge is -2.35. The molecule has 6 heteroatoms. The molecular weight excluding hydrogens is 270 g/mol. The first kappa shape index (κ1) is 15.3. The zero-order valence-electron chi connectivity index (χ0n) is 12.0. The van der Waals surface area contributed by atoms with Gasteiger partial charge in [0.25, 0.3) is 0 Å². The van der Waals surface area contributed by atoms with Gasteiger partial charge in [0.2, 0.25) is 5.91 Å². The predicted octanol–water partition coefficient (Wildman–Crippen LogP) is 0.625. The average Bonchev–Trinajstić information content (AvgIpc) is 2.43. The Kier molecular flexibility index (Phi) is 4.80. The number of nitrogens with two attached hydrogens (primary N) is 1. The van der Waals surface area contributed by atoms with Crippen LogP contribution in [0.2, 0.25) is 0 Å². The van der Waals surface area contributed by atoms with E-state index in [-0.39, 0.29) is 12.0 Å². The van der Waals surface area contributed by atoms with Gasteiger partial charge in [-0.1, -0.05) is 30.3 Å². The van der Waals surface area contributed by atoms with Gasteiger partial charge in [-0.05, 0) is 24.3 Å². The molecule has 0 radical (unpaired) electrons. The fraction of sp³-hybridized carbons (Fsp3) is 0.467. The highest BCUT2D eigenvalue weighted by atomic mass is 16.3. The molecule has 6 nitrogen and oxygen atoms in total. The number of rotatable bonds is 5. The summed E-state index contributed by atoms with van der Waals surface area (Å²) in [6, 6.07) is 7.50. The SMILES string of the molecule is CN(CC1CC(O)C1)C(=O)C(NC(N)=O)c1ccccc1. The molecule has 0 saturated heterocycles. The lowest BCUT2D eigenvalue weighted by molar-refractivity contribution is -0.133. The van der Waals surface area contributed by atoms with Crippen LogP contribution in [0.15, 0.2) is 30.3 Å². The third-order valence-electron chi connectivity index (χ3n) is 3.79. The van der Waals surface area contributed by atoms with Crippen LogP contribution in [0.4, 0.5) is 4.79 Å². The minimum absolute atomic E-state index is 0.207. The fourth-order valence-corrected chi connectivity index (χ4v) is 2.62. The van der Waals surface area contributed by atoms with Crippen LogP contribution in [0, 0.1) is 5.92 Å². The molecule has 0 spiro atoms. The number of nitrogens with one attached hydrogen (secondary N) is 1. The number of hydrogen-bond acceptors (Lipinski definition) is 3. The Balaban J connectivity index is 2.05. The Hall–Kier alpha value is -2.08. The van der Waals surface area contributed by atoms with E-state index in [1.165, 1.54) is 0 Å². The summed E-state index contributed by atoms with van der Waals surface area (Å²) in [5, 5.41) is 11.8. The zero-order valence-corrected chi connectivity index (χ0v) is 12.0. The van der Waals surface area contributed by atoms with Crippen molar-refractivity contribution in [1.29, 1.82) is 0 Å². The molecule has 1 aromatic rings. The van der Waals surface area contributed by atoms with Gasteiger partial charge in [-0.2, -0.15) is 0 Å². The first-order valence-corrected chi connectivity index (χ1v) is 7.01. The zero-order chi connectivity index (χ0) is 15.4. The van der Waals surface area contributed by atoms with Gasteiger partial charge in [0.15, 0.2) is 0 Å². The van der Waals surface area contributed by atoms with Gasteiger partial charge in [-0.3, -0.25) is 4.79 Å². The van der Waals surface area contributed by atoms with Crippen LogP contribution >= 0.6 is 0 Å². The van der Waals surface area contributed by atoms with Crippen molar-refractivity contribution in [2.75, 3.05) is 13.6 Å². The minimum atomic E-state index is -0.779. The van der Waals surface area contributed by atoms with E-state index in [9.17, 15) is 14.7 Å². The molecule has 1 aromatic carbocycles. The average molecular weight is 291 g/mol. The lowest BCUT2D eigenvalue weighted by Crippen LogP contribution is -2.46. The number of aliphatic hydroxyl groups excluding tert-OH is 1. The van der Waals surface area contributed by atoms with Crippen LogP contribution in [-0.2, 0) is 4.79 Å². The van der Waals surface area contributed by atoms with Crippen molar-refractivity contribution in [2.45, 2.75) is 25.0 Å². The van der Waals surface area contributed by atoms with E-state index in [4.69, 9.17) is 5.73 Å². The van der Waals surface area contributed by atoms with Gasteiger partial charge in [0.1, 0.15) is 6.04 Å². The number of likely N-dealkylation sites (N-methyl/N-ethyl adjacent to an activating group) is 1. The summed E-state index contributed by atoms with van der Waals surface area (Å²) in [5.41, 5.74) is 5.87. The van der Waals surface area contributed by atoms with Crippen molar-refractivity contribution in [3.8, 4) is 0 Å². The molecule has 3 amide bonds. The van der Waals surface area contributed by atoms with E-state index < -0.39 is 12.1 Å².